The van der Waals surface area contributed by atoms with Crippen LogP contribution >= 0.6 is 0 Å². The minimum Gasteiger partial charge on any atom is -0.497 e. The van der Waals surface area contributed by atoms with Crippen LogP contribution in [0.4, 0.5) is 4.79 Å². The third kappa shape index (κ3) is 7.98. The number of nitrogens with one attached hydrogen (secondary N) is 2. The maximum Gasteiger partial charge on any atom is 0.331 e. The third-order valence-corrected chi connectivity index (χ3v) is 2.80. The molecule has 0 bridgehead atoms. The fraction of sp³-hybridized carbons (Fsp3) is 0.353. The lowest BCUT2D eigenvalue weighted by Gasteiger charge is -2.08. The molecule has 0 radical (unpaired) electrons. The number of methoxy groups -OCH3 is 1. The van der Waals surface area contributed by atoms with Gasteiger partial charge in [0.2, 0.25) is 0 Å². The van der Waals surface area contributed by atoms with Crippen molar-refractivity contribution in [1.82, 2.24) is 10.6 Å². The molecule has 0 spiro atoms. The van der Waals surface area contributed by atoms with Crippen molar-refractivity contribution in [3.05, 3.63) is 35.9 Å². The van der Waals surface area contributed by atoms with Crippen molar-refractivity contribution in [2.45, 2.75) is 13.8 Å². The summed E-state index contributed by atoms with van der Waals surface area (Å²) in [5.41, 5.74) is 0.783. The smallest absolute Gasteiger partial charge is 0.331 e. The molecule has 0 unspecified atom stereocenters. The predicted octanol–water partition coefficient (Wildman–Crippen LogP) is 1.73. The van der Waals surface area contributed by atoms with E-state index >= 15 is 0 Å². The summed E-state index contributed by atoms with van der Waals surface area (Å²) in [6, 6.07) is 6.45. The summed E-state index contributed by atoms with van der Waals surface area (Å²) in [7, 11) is 1.57. The van der Waals surface area contributed by atoms with Crippen LogP contribution in [0.3, 0.4) is 0 Å². The summed E-state index contributed by atoms with van der Waals surface area (Å²) in [5.74, 6) is -0.389. The van der Waals surface area contributed by atoms with Crippen LogP contribution in [0.15, 0.2) is 30.3 Å². The van der Waals surface area contributed by atoms with Crippen LogP contribution < -0.4 is 15.4 Å². The van der Waals surface area contributed by atoms with Gasteiger partial charge in [0.25, 0.3) is 5.91 Å². The molecule has 0 aliphatic heterocycles. The van der Waals surface area contributed by atoms with Gasteiger partial charge in [0.05, 0.1) is 7.11 Å². The van der Waals surface area contributed by atoms with Gasteiger partial charge < -0.3 is 14.8 Å². The number of urea groups is 1. The van der Waals surface area contributed by atoms with Crippen LogP contribution in [0, 0.1) is 5.92 Å². The summed E-state index contributed by atoms with van der Waals surface area (Å²) in [6.45, 7) is 3.78. The number of imide groups is 1. The summed E-state index contributed by atoms with van der Waals surface area (Å²) in [5, 5.41) is 4.59. The van der Waals surface area contributed by atoms with Crippen LogP contribution in [-0.2, 0) is 14.3 Å². The molecule has 1 aromatic rings. The fourth-order valence-electron chi connectivity index (χ4n) is 1.57. The van der Waals surface area contributed by atoms with E-state index in [4.69, 9.17) is 9.47 Å². The van der Waals surface area contributed by atoms with Gasteiger partial charge in [-0.1, -0.05) is 26.0 Å². The lowest BCUT2D eigenvalue weighted by Crippen LogP contribution is -2.42. The van der Waals surface area contributed by atoms with Crippen molar-refractivity contribution in [3.8, 4) is 5.75 Å². The van der Waals surface area contributed by atoms with E-state index in [0.29, 0.717) is 12.3 Å². The lowest BCUT2D eigenvalue weighted by molar-refractivity contribution is -0.143. The molecule has 0 aliphatic carbocycles. The number of hydrogen-bond acceptors (Lipinski definition) is 5. The number of rotatable bonds is 7. The number of benzene rings is 1. The van der Waals surface area contributed by atoms with E-state index < -0.39 is 24.5 Å². The number of carbonyl (C=O) groups excluding carboxylic acids is 3. The molecule has 24 heavy (non-hydrogen) atoms. The van der Waals surface area contributed by atoms with Crippen molar-refractivity contribution in [3.63, 3.8) is 0 Å². The van der Waals surface area contributed by atoms with Crippen LogP contribution in [0.2, 0.25) is 0 Å². The first-order valence-corrected chi connectivity index (χ1v) is 7.47. The molecule has 130 valence electrons. The molecule has 2 N–H and O–H groups in total. The van der Waals surface area contributed by atoms with Gasteiger partial charge in [-0.05, 0) is 29.7 Å². The molecule has 1 aromatic carbocycles. The molecule has 0 atom stereocenters. The highest BCUT2D eigenvalue weighted by Gasteiger charge is 2.09. The van der Waals surface area contributed by atoms with Crippen molar-refractivity contribution < 1.29 is 23.9 Å². The summed E-state index contributed by atoms with van der Waals surface area (Å²) in [6.07, 6.45) is 2.75. The Bertz CT molecular complexity index is 594. The quantitative estimate of drug-likeness (QED) is 0.585. The lowest BCUT2D eigenvalue weighted by atomic mass is 10.2. The Morgan fingerprint density at radius 2 is 1.83 bits per heavy atom. The highest BCUT2D eigenvalue weighted by Crippen LogP contribution is 2.12. The minimum absolute atomic E-state index is 0.270. The second-order valence-electron chi connectivity index (χ2n) is 5.37. The zero-order valence-electron chi connectivity index (χ0n) is 14.0. The zero-order chi connectivity index (χ0) is 17.9. The molecule has 0 aromatic heterocycles. The van der Waals surface area contributed by atoms with Crippen LogP contribution in [0.25, 0.3) is 6.08 Å². The van der Waals surface area contributed by atoms with Crippen molar-refractivity contribution in [2.24, 2.45) is 5.92 Å². The summed E-state index contributed by atoms with van der Waals surface area (Å²) >= 11 is 0. The van der Waals surface area contributed by atoms with Crippen LogP contribution in [0.1, 0.15) is 19.4 Å². The number of amides is 3. The normalized spacial score (nSPS) is 10.5. The van der Waals surface area contributed by atoms with Crippen molar-refractivity contribution in [1.29, 1.82) is 0 Å². The van der Waals surface area contributed by atoms with Gasteiger partial charge in [0.15, 0.2) is 6.61 Å². The van der Waals surface area contributed by atoms with E-state index in [1.807, 2.05) is 13.8 Å². The minimum atomic E-state index is -0.692. The Morgan fingerprint density at radius 1 is 1.17 bits per heavy atom. The average Bonchev–Trinajstić information content (AvgIpc) is 2.56. The van der Waals surface area contributed by atoms with Gasteiger partial charge in [-0.25, -0.2) is 9.59 Å². The zero-order valence-corrected chi connectivity index (χ0v) is 14.0. The Labute approximate surface area is 141 Å². The molecule has 7 heteroatoms. The van der Waals surface area contributed by atoms with E-state index in [2.05, 4.69) is 10.6 Å². The molecular weight excluding hydrogens is 312 g/mol. The van der Waals surface area contributed by atoms with Gasteiger partial charge in [-0.15, -0.1) is 0 Å². The number of ether oxygens (including phenoxy) is 2. The summed E-state index contributed by atoms with van der Waals surface area (Å²) in [4.78, 5) is 34.3. The topological polar surface area (TPSA) is 93.7 Å². The molecule has 0 saturated heterocycles. The first-order valence-electron chi connectivity index (χ1n) is 7.47. The van der Waals surface area contributed by atoms with Crippen molar-refractivity contribution >= 4 is 24.0 Å². The third-order valence-electron chi connectivity index (χ3n) is 2.80. The average molecular weight is 334 g/mol. The van der Waals surface area contributed by atoms with Crippen molar-refractivity contribution in [2.75, 3.05) is 20.3 Å². The molecule has 7 nitrogen and oxygen atoms in total. The number of esters is 1. The highest BCUT2D eigenvalue weighted by molar-refractivity contribution is 5.96. The largest absolute Gasteiger partial charge is 0.497 e. The van der Waals surface area contributed by atoms with Crippen LogP contribution in [0.5, 0.6) is 5.75 Å². The van der Waals surface area contributed by atoms with E-state index in [-0.39, 0.29) is 5.92 Å². The Balaban J connectivity index is 2.32. The maximum absolute atomic E-state index is 11.5. The first-order chi connectivity index (χ1) is 11.4. The predicted molar refractivity (Wildman–Crippen MR) is 89.4 cm³/mol. The van der Waals surface area contributed by atoms with Gasteiger partial charge in [0, 0.05) is 12.6 Å². The monoisotopic (exact) mass is 334 g/mol. The molecule has 0 fully saturated rings. The Hall–Kier alpha value is -2.83. The molecule has 0 saturated carbocycles. The number of carbonyl (C=O) groups is 3. The van der Waals surface area contributed by atoms with E-state index in [0.717, 1.165) is 5.56 Å². The first kappa shape index (κ1) is 19.2. The van der Waals surface area contributed by atoms with E-state index in [9.17, 15) is 14.4 Å². The van der Waals surface area contributed by atoms with Gasteiger partial charge in [-0.2, -0.15) is 0 Å². The van der Waals surface area contributed by atoms with Gasteiger partial charge in [-0.3, -0.25) is 10.1 Å². The molecule has 0 heterocycles. The van der Waals surface area contributed by atoms with E-state index in [1.54, 1.807) is 37.5 Å². The SMILES string of the molecule is COc1ccc(/C=C/C(=O)OCC(=O)NC(=O)NCC(C)C)cc1. The number of hydrogen-bond donors (Lipinski definition) is 2. The summed E-state index contributed by atoms with van der Waals surface area (Å²) < 4.78 is 9.78. The second-order valence-corrected chi connectivity index (χ2v) is 5.37. The maximum atomic E-state index is 11.5. The standard InChI is InChI=1S/C17H22N2O5/c1-12(2)10-18-17(22)19-15(20)11-24-16(21)9-6-13-4-7-14(23-3)8-5-13/h4-9,12H,10-11H2,1-3H3,(H2,18,19,20,22)/b9-6+. The molecule has 0 aliphatic rings. The molecule has 1 rings (SSSR count). The Kier molecular flexibility index (Phi) is 8.04. The highest BCUT2D eigenvalue weighted by atomic mass is 16.5. The molecular formula is C17H22N2O5. The Morgan fingerprint density at radius 3 is 2.42 bits per heavy atom. The second kappa shape index (κ2) is 10.0. The molecule has 3 amide bonds. The van der Waals surface area contributed by atoms with Gasteiger partial charge in [0.1, 0.15) is 5.75 Å². The van der Waals surface area contributed by atoms with Crippen LogP contribution in [-0.4, -0.2) is 38.2 Å². The van der Waals surface area contributed by atoms with Gasteiger partial charge >= 0.3 is 12.0 Å². The fourth-order valence-corrected chi connectivity index (χ4v) is 1.57. The van der Waals surface area contributed by atoms with E-state index in [1.165, 1.54) is 6.08 Å².